The van der Waals surface area contributed by atoms with Gasteiger partial charge >= 0.3 is 0 Å². The quantitative estimate of drug-likeness (QED) is 0.643. The van der Waals surface area contributed by atoms with Gasteiger partial charge in [-0.05, 0) is 19.3 Å². The van der Waals surface area contributed by atoms with Crippen molar-refractivity contribution < 1.29 is 8.42 Å². The number of nitrogens with one attached hydrogen (secondary N) is 1. The van der Waals surface area contributed by atoms with Gasteiger partial charge in [-0.3, -0.25) is 4.79 Å². The van der Waals surface area contributed by atoms with Gasteiger partial charge in [-0.25, -0.2) is 18.4 Å². The van der Waals surface area contributed by atoms with E-state index in [-0.39, 0.29) is 23.1 Å². The van der Waals surface area contributed by atoms with Crippen molar-refractivity contribution >= 4 is 21.6 Å². The fourth-order valence-electron chi connectivity index (χ4n) is 3.10. The van der Waals surface area contributed by atoms with E-state index in [1.54, 1.807) is 12.5 Å². The van der Waals surface area contributed by atoms with Gasteiger partial charge in [0.05, 0.1) is 29.6 Å². The lowest BCUT2D eigenvalue weighted by Crippen LogP contribution is -2.38. The van der Waals surface area contributed by atoms with Crippen LogP contribution in [0.15, 0.2) is 22.5 Å². The van der Waals surface area contributed by atoms with E-state index in [0.29, 0.717) is 10.9 Å². The summed E-state index contributed by atoms with van der Waals surface area (Å²) < 4.78 is 24.6. The first kappa shape index (κ1) is 14.9. The predicted molar refractivity (Wildman–Crippen MR) is 86.4 cm³/mol. The maximum absolute atomic E-state index is 12.0. The molecule has 0 bridgehead atoms. The molecule has 0 spiro atoms. The predicted octanol–water partition coefficient (Wildman–Crippen LogP) is 0.717. The van der Waals surface area contributed by atoms with Crippen LogP contribution in [-0.2, 0) is 28.4 Å². The Morgan fingerprint density at radius 3 is 2.96 bits per heavy atom. The van der Waals surface area contributed by atoms with Crippen LogP contribution < -0.4 is 5.56 Å². The van der Waals surface area contributed by atoms with Crippen LogP contribution in [-0.4, -0.2) is 39.4 Å². The Balaban J connectivity index is 1.49. The molecule has 0 atom stereocenters. The summed E-state index contributed by atoms with van der Waals surface area (Å²) in [5.41, 5.74) is 2.64. The van der Waals surface area contributed by atoms with E-state index in [9.17, 15) is 13.2 Å². The first-order valence-corrected chi connectivity index (χ1v) is 10.3. The number of hydrogen-bond donors (Lipinski definition) is 1. The molecule has 1 aliphatic heterocycles. The molecule has 1 fully saturated rings. The van der Waals surface area contributed by atoms with E-state index >= 15 is 0 Å². The number of aryl methyl sites for hydroxylation is 1. The first-order valence-electron chi connectivity index (χ1n) is 7.48. The van der Waals surface area contributed by atoms with Crippen LogP contribution in [0, 0.1) is 0 Å². The summed E-state index contributed by atoms with van der Waals surface area (Å²) in [6, 6.07) is -0.0230. The Morgan fingerprint density at radius 1 is 1.35 bits per heavy atom. The molecule has 0 radical (unpaired) electrons. The molecule has 2 aromatic rings. The maximum Gasteiger partial charge on any atom is 0.254 e. The zero-order chi connectivity index (χ0) is 16.0. The van der Waals surface area contributed by atoms with Crippen LogP contribution in [0.5, 0.6) is 0 Å². The molecule has 0 aromatic carbocycles. The third kappa shape index (κ3) is 2.83. The molecule has 23 heavy (non-hydrogen) atoms. The number of H-pyrrole nitrogens is 1. The number of sulfone groups is 1. The van der Waals surface area contributed by atoms with Gasteiger partial charge in [0, 0.05) is 23.2 Å². The monoisotopic (exact) mass is 352 g/mol. The fraction of sp³-hybridized carbons (Fsp3) is 0.500. The SMILES string of the molecule is O=c1[nH]c(SCc2cncn2C2CS(=O)(=O)C2)nc2c1CCC2. The lowest BCUT2D eigenvalue weighted by Gasteiger charge is -2.28. The number of rotatable bonds is 4. The molecule has 2 aliphatic rings. The van der Waals surface area contributed by atoms with Crippen molar-refractivity contribution in [2.45, 2.75) is 36.2 Å². The second-order valence-corrected chi connectivity index (χ2v) is 9.08. The van der Waals surface area contributed by atoms with E-state index in [4.69, 9.17) is 0 Å². The van der Waals surface area contributed by atoms with Crippen LogP contribution in [0.3, 0.4) is 0 Å². The van der Waals surface area contributed by atoms with Gasteiger partial charge in [0.2, 0.25) is 0 Å². The fourth-order valence-corrected chi connectivity index (χ4v) is 5.34. The summed E-state index contributed by atoms with van der Waals surface area (Å²) in [5, 5.41) is 0.615. The van der Waals surface area contributed by atoms with Crippen molar-refractivity contribution in [1.29, 1.82) is 0 Å². The van der Waals surface area contributed by atoms with Crippen molar-refractivity contribution in [3.05, 3.63) is 39.8 Å². The molecular weight excluding hydrogens is 336 g/mol. The van der Waals surface area contributed by atoms with Gasteiger partial charge in [0.25, 0.3) is 5.56 Å². The van der Waals surface area contributed by atoms with Crippen LogP contribution in [0.1, 0.15) is 29.4 Å². The summed E-state index contributed by atoms with van der Waals surface area (Å²) in [6.07, 6.45) is 6.08. The minimum absolute atomic E-state index is 0.0230. The third-order valence-corrected chi connectivity index (χ3v) is 7.00. The van der Waals surface area contributed by atoms with Crippen molar-refractivity contribution in [3.63, 3.8) is 0 Å². The molecule has 1 aliphatic carbocycles. The normalized spacial score (nSPS) is 19.5. The third-order valence-electron chi connectivity index (χ3n) is 4.31. The van der Waals surface area contributed by atoms with E-state index in [2.05, 4.69) is 15.0 Å². The number of fused-ring (bicyclic) bond motifs is 1. The van der Waals surface area contributed by atoms with Crippen molar-refractivity contribution in [3.8, 4) is 0 Å². The number of hydrogen-bond acceptors (Lipinski definition) is 6. The number of aromatic amines is 1. The molecule has 2 aromatic heterocycles. The maximum atomic E-state index is 12.0. The average Bonchev–Trinajstić information content (AvgIpc) is 3.11. The molecule has 122 valence electrons. The highest BCUT2D eigenvalue weighted by Crippen LogP contribution is 2.28. The Hall–Kier alpha value is -1.61. The molecule has 0 amide bonds. The number of thioether (sulfide) groups is 1. The molecule has 4 rings (SSSR count). The molecule has 0 saturated carbocycles. The highest BCUT2D eigenvalue weighted by Gasteiger charge is 2.35. The minimum atomic E-state index is -2.87. The molecule has 1 saturated heterocycles. The molecule has 3 heterocycles. The Labute approximate surface area is 137 Å². The Morgan fingerprint density at radius 2 is 2.17 bits per heavy atom. The van der Waals surface area contributed by atoms with Crippen molar-refractivity contribution in [2.24, 2.45) is 0 Å². The summed E-state index contributed by atoms with van der Waals surface area (Å²) in [4.78, 5) is 23.5. The van der Waals surface area contributed by atoms with Gasteiger partial charge in [0.1, 0.15) is 0 Å². The van der Waals surface area contributed by atoms with E-state index in [1.807, 2.05) is 4.57 Å². The van der Waals surface area contributed by atoms with Crippen LogP contribution >= 0.6 is 11.8 Å². The molecule has 9 heteroatoms. The average molecular weight is 352 g/mol. The summed E-state index contributed by atoms with van der Waals surface area (Å²) in [5.74, 6) is 0.947. The first-order chi connectivity index (χ1) is 11.0. The zero-order valence-electron chi connectivity index (χ0n) is 12.4. The smallest absolute Gasteiger partial charge is 0.254 e. The molecule has 0 unspecified atom stereocenters. The number of aromatic nitrogens is 4. The van der Waals surface area contributed by atoms with Gasteiger partial charge in [0.15, 0.2) is 15.0 Å². The van der Waals surface area contributed by atoms with Crippen LogP contribution in [0.4, 0.5) is 0 Å². The van der Waals surface area contributed by atoms with Gasteiger partial charge < -0.3 is 9.55 Å². The van der Waals surface area contributed by atoms with Crippen LogP contribution in [0.2, 0.25) is 0 Å². The van der Waals surface area contributed by atoms with E-state index < -0.39 is 9.84 Å². The summed E-state index contributed by atoms with van der Waals surface area (Å²) >= 11 is 1.45. The topological polar surface area (TPSA) is 97.7 Å². The molecule has 7 nitrogen and oxygen atoms in total. The second-order valence-electron chi connectivity index (χ2n) is 5.96. The van der Waals surface area contributed by atoms with Crippen molar-refractivity contribution in [1.82, 2.24) is 19.5 Å². The van der Waals surface area contributed by atoms with Crippen LogP contribution in [0.25, 0.3) is 0 Å². The highest BCUT2D eigenvalue weighted by molar-refractivity contribution is 7.98. The van der Waals surface area contributed by atoms with Gasteiger partial charge in [-0.15, -0.1) is 0 Å². The summed E-state index contributed by atoms with van der Waals surface area (Å²) in [7, 11) is -2.87. The lowest BCUT2D eigenvalue weighted by molar-refractivity contribution is 0.500. The Kier molecular flexibility index (Phi) is 3.56. The zero-order valence-corrected chi connectivity index (χ0v) is 14.0. The number of imidazole rings is 1. The second kappa shape index (κ2) is 5.48. The standard InChI is InChI=1S/C14H16N4O3S2/c19-13-11-2-1-3-12(11)16-14(17-13)22-5-9-4-15-8-18(9)10-6-23(20,21)7-10/h4,8,10H,1-3,5-7H2,(H,16,17,19). The van der Waals surface area contributed by atoms with Gasteiger partial charge in [-0.1, -0.05) is 11.8 Å². The van der Waals surface area contributed by atoms with Crippen molar-refractivity contribution in [2.75, 3.05) is 11.5 Å². The Bertz CT molecular complexity index is 904. The van der Waals surface area contributed by atoms with E-state index in [0.717, 1.165) is 36.2 Å². The van der Waals surface area contributed by atoms with E-state index in [1.165, 1.54) is 11.8 Å². The largest absolute Gasteiger partial charge is 0.329 e. The number of nitrogens with zero attached hydrogens (tertiary/aromatic N) is 3. The molecular formula is C14H16N4O3S2. The highest BCUT2D eigenvalue weighted by atomic mass is 32.2. The molecule has 1 N–H and O–H groups in total. The lowest BCUT2D eigenvalue weighted by atomic mass is 10.3. The van der Waals surface area contributed by atoms with Gasteiger partial charge in [-0.2, -0.15) is 0 Å². The summed E-state index contributed by atoms with van der Waals surface area (Å²) in [6.45, 7) is 0. The minimum Gasteiger partial charge on any atom is -0.329 e.